The van der Waals surface area contributed by atoms with Gasteiger partial charge in [0.05, 0.1) is 0 Å². The van der Waals surface area contributed by atoms with E-state index >= 15 is 0 Å². The summed E-state index contributed by atoms with van der Waals surface area (Å²) in [5.74, 6) is 1.69. The van der Waals surface area contributed by atoms with Gasteiger partial charge >= 0.3 is 6.61 Å². The third-order valence-electron chi connectivity index (χ3n) is 4.01. The monoisotopic (exact) mass is 283 g/mol. The van der Waals surface area contributed by atoms with Crippen molar-refractivity contribution in [3.05, 3.63) is 29.8 Å². The minimum Gasteiger partial charge on any atom is -0.435 e. The Labute approximate surface area is 119 Å². The third-order valence-corrected chi connectivity index (χ3v) is 4.01. The first-order chi connectivity index (χ1) is 9.54. The van der Waals surface area contributed by atoms with E-state index in [9.17, 15) is 8.78 Å². The lowest BCUT2D eigenvalue weighted by atomic mass is 9.88. The quantitative estimate of drug-likeness (QED) is 0.804. The molecule has 4 heteroatoms. The molecule has 1 unspecified atom stereocenters. The van der Waals surface area contributed by atoms with Crippen LogP contribution in [-0.4, -0.2) is 24.6 Å². The molecule has 1 aliphatic heterocycles. The molecule has 1 aliphatic rings. The Balaban J connectivity index is 1.95. The number of ether oxygens (including phenoxy) is 1. The lowest BCUT2D eigenvalue weighted by molar-refractivity contribution is -0.0499. The maximum Gasteiger partial charge on any atom is 0.387 e. The molecule has 20 heavy (non-hydrogen) atoms. The number of rotatable bonds is 5. The van der Waals surface area contributed by atoms with Gasteiger partial charge in [0.1, 0.15) is 5.75 Å². The van der Waals surface area contributed by atoms with Crippen LogP contribution in [0.1, 0.15) is 32.3 Å². The Morgan fingerprint density at radius 3 is 2.85 bits per heavy atom. The van der Waals surface area contributed by atoms with Crippen molar-refractivity contribution < 1.29 is 13.5 Å². The molecule has 1 aromatic rings. The van der Waals surface area contributed by atoms with Crippen LogP contribution in [0.3, 0.4) is 0 Å². The highest BCUT2D eigenvalue weighted by Crippen LogP contribution is 2.25. The van der Waals surface area contributed by atoms with Gasteiger partial charge in [-0.05, 0) is 48.9 Å². The van der Waals surface area contributed by atoms with Gasteiger partial charge in [-0.1, -0.05) is 26.0 Å². The highest BCUT2D eigenvalue weighted by Gasteiger charge is 2.22. The molecule has 1 aromatic carbocycles. The summed E-state index contributed by atoms with van der Waals surface area (Å²) in [6.45, 7) is 4.77. The van der Waals surface area contributed by atoms with Crippen molar-refractivity contribution in [2.75, 3.05) is 13.1 Å². The molecule has 0 aliphatic carbocycles. The molecule has 112 valence electrons. The SMILES string of the molecule is CC(C)C1CCCN(Cc2cccc(OC(F)F)c2)C1. The Hall–Kier alpha value is -1.16. The zero-order valence-corrected chi connectivity index (χ0v) is 12.2. The molecule has 0 aromatic heterocycles. The largest absolute Gasteiger partial charge is 0.435 e. The van der Waals surface area contributed by atoms with Crippen LogP contribution >= 0.6 is 0 Å². The first-order valence-corrected chi connectivity index (χ1v) is 7.30. The second-order valence-electron chi connectivity index (χ2n) is 5.91. The summed E-state index contributed by atoms with van der Waals surface area (Å²) in [5, 5.41) is 0. The summed E-state index contributed by atoms with van der Waals surface area (Å²) in [6.07, 6.45) is 2.51. The fraction of sp³-hybridized carbons (Fsp3) is 0.625. The van der Waals surface area contributed by atoms with Crippen LogP contribution in [0.2, 0.25) is 0 Å². The van der Waals surface area contributed by atoms with Crippen LogP contribution in [0, 0.1) is 11.8 Å². The van der Waals surface area contributed by atoms with Gasteiger partial charge in [-0.2, -0.15) is 8.78 Å². The number of piperidine rings is 1. The van der Waals surface area contributed by atoms with Crippen molar-refractivity contribution in [1.29, 1.82) is 0 Å². The average Bonchev–Trinajstić information content (AvgIpc) is 2.38. The van der Waals surface area contributed by atoms with Crippen LogP contribution < -0.4 is 4.74 Å². The van der Waals surface area contributed by atoms with E-state index in [0.29, 0.717) is 5.92 Å². The van der Waals surface area contributed by atoms with Crippen LogP contribution in [0.4, 0.5) is 8.78 Å². The van der Waals surface area contributed by atoms with E-state index in [-0.39, 0.29) is 5.75 Å². The van der Waals surface area contributed by atoms with E-state index in [1.165, 1.54) is 12.8 Å². The summed E-state index contributed by atoms with van der Waals surface area (Å²) in [5.41, 5.74) is 1.03. The van der Waals surface area contributed by atoms with Gasteiger partial charge in [0, 0.05) is 13.1 Å². The second kappa shape index (κ2) is 7.02. The van der Waals surface area contributed by atoms with Crippen molar-refractivity contribution in [2.45, 2.75) is 39.8 Å². The van der Waals surface area contributed by atoms with Gasteiger partial charge in [-0.3, -0.25) is 4.90 Å². The fourth-order valence-electron chi connectivity index (χ4n) is 2.86. The molecule has 0 bridgehead atoms. The number of benzene rings is 1. The van der Waals surface area contributed by atoms with Gasteiger partial charge in [0.15, 0.2) is 0 Å². The Morgan fingerprint density at radius 2 is 2.15 bits per heavy atom. The molecule has 1 heterocycles. The van der Waals surface area contributed by atoms with Crippen LogP contribution in [0.5, 0.6) is 5.75 Å². The van der Waals surface area contributed by atoms with E-state index in [0.717, 1.165) is 31.1 Å². The summed E-state index contributed by atoms with van der Waals surface area (Å²) < 4.78 is 28.9. The predicted molar refractivity (Wildman–Crippen MR) is 75.9 cm³/mol. The lowest BCUT2D eigenvalue weighted by Crippen LogP contribution is -2.36. The number of hydrogen-bond donors (Lipinski definition) is 0. The number of halogens is 2. The minimum absolute atomic E-state index is 0.245. The van der Waals surface area contributed by atoms with Gasteiger partial charge in [0.25, 0.3) is 0 Å². The fourth-order valence-corrected chi connectivity index (χ4v) is 2.86. The van der Waals surface area contributed by atoms with Gasteiger partial charge in [-0.15, -0.1) is 0 Å². The molecule has 1 fully saturated rings. The highest BCUT2D eigenvalue weighted by atomic mass is 19.3. The highest BCUT2D eigenvalue weighted by molar-refractivity contribution is 5.28. The van der Waals surface area contributed by atoms with Crippen LogP contribution in [-0.2, 0) is 6.54 Å². The summed E-state index contributed by atoms with van der Waals surface area (Å²) in [6, 6.07) is 7.03. The minimum atomic E-state index is -2.76. The normalized spacial score (nSPS) is 20.6. The molecule has 0 radical (unpaired) electrons. The first kappa shape index (κ1) is 15.2. The lowest BCUT2D eigenvalue weighted by Gasteiger charge is -2.34. The van der Waals surface area contributed by atoms with Crippen molar-refractivity contribution in [3.63, 3.8) is 0 Å². The topological polar surface area (TPSA) is 12.5 Å². The molecule has 1 atom stereocenters. The third kappa shape index (κ3) is 4.44. The maximum absolute atomic E-state index is 12.2. The van der Waals surface area contributed by atoms with Crippen molar-refractivity contribution in [1.82, 2.24) is 4.90 Å². The van der Waals surface area contributed by atoms with Gasteiger partial charge in [-0.25, -0.2) is 0 Å². The van der Waals surface area contributed by atoms with E-state index in [2.05, 4.69) is 23.5 Å². The molecular weight excluding hydrogens is 260 g/mol. The Morgan fingerprint density at radius 1 is 1.35 bits per heavy atom. The van der Waals surface area contributed by atoms with Crippen molar-refractivity contribution >= 4 is 0 Å². The Kier molecular flexibility index (Phi) is 5.35. The summed E-state index contributed by atoms with van der Waals surface area (Å²) in [4.78, 5) is 2.41. The zero-order chi connectivity index (χ0) is 14.5. The summed E-state index contributed by atoms with van der Waals surface area (Å²) in [7, 11) is 0. The van der Waals surface area contributed by atoms with Crippen molar-refractivity contribution in [3.8, 4) is 5.75 Å². The molecule has 0 N–H and O–H groups in total. The van der Waals surface area contributed by atoms with E-state index in [4.69, 9.17) is 0 Å². The number of hydrogen-bond acceptors (Lipinski definition) is 2. The molecule has 0 spiro atoms. The number of alkyl halides is 2. The molecule has 2 nitrogen and oxygen atoms in total. The Bertz CT molecular complexity index is 423. The second-order valence-corrected chi connectivity index (χ2v) is 5.91. The molecular formula is C16H23F2NO. The molecule has 1 saturated heterocycles. The standard InChI is InChI=1S/C16H23F2NO/c1-12(2)14-6-4-8-19(11-14)10-13-5-3-7-15(9-13)20-16(17)18/h3,5,7,9,12,14,16H,4,6,8,10-11H2,1-2H3. The number of likely N-dealkylation sites (tertiary alicyclic amines) is 1. The maximum atomic E-state index is 12.2. The summed E-state index contributed by atoms with van der Waals surface area (Å²) >= 11 is 0. The zero-order valence-electron chi connectivity index (χ0n) is 12.2. The van der Waals surface area contributed by atoms with E-state index in [1.54, 1.807) is 18.2 Å². The average molecular weight is 283 g/mol. The van der Waals surface area contributed by atoms with Crippen molar-refractivity contribution in [2.24, 2.45) is 11.8 Å². The van der Waals surface area contributed by atoms with E-state index in [1.807, 2.05) is 6.07 Å². The van der Waals surface area contributed by atoms with E-state index < -0.39 is 6.61 Å². The number of nitrogens with zero attached hydrogens (tertiary/aromatic N) is 1. The van der Waals surface area contributed by atoms with Crippen LogP contribution in [0.15, 0.2) is 24.3 Å². The first-order valence-electron chi connectivity index (χ1n) is 7.30. The van der Waals surface area contributed by atoms with Gasteiger partial charge < -0.3 is 4.74 Å². The molecule has 2 rings (SSSR count). The molecule has 0 saturated carbocycles. The molecule has 0 amide bonds. The smallest absolute Gasteiger partial charge is 0.387 e. The van der Waals surface area contributed by atoms with Gasteiger partial charge in [0.2, 0.25) is 0 Å². The predicted octanol–water partition coefficient (Wildman–Crippen LogP) is 4.16. The van der Waals surface area contributed by atoms with Crippen LogP contribution in [0.25, 0.3) is 0 Å².